The highest BCUT2D eigenvalue weighted by molar-refractivity contribution is 7.89. The molecule has 0 atom stereocenters. The largest absolute Gasteiger partial charge is 0.456 e. The van der Waals surface area contributed by atoms with Gasteiger partial charge in [-0.05, 0) is 31.0 Å². The number of alkyl halides is 3. The second kappa shape index (κ2) is 8.70. The molecule has 0 radical (unpaired) electrons. The Morgan fingerprint density at radius 3 is 2.48 bits per heavy atom. The van der Waals surface area contributed by atoms with Gasteiger partial charge >= 0.3 is 12.1 Å². The first-order valence-electron chi connectivity index (χ1n) is 8.20. The second-order valence-corrected chi connectivity index (χ2v) is 7.69. The highest BCUT2D eigenvalue weighted by atomic mass is 32.2. The van der Waals surface area contributed by atoms with E-state index in [-0.39, 0.29) is 18.9 Å². The number of hydrogen-bond acceptors (Lipinski definition) is 5. The van der Waals surface area contributed by atoms with Crippen molar-refractivity contribution in [3.05, 3.63) is 29.8 Å². The first-order valence-corrected chi connectivity index (χ1v) is 9.68. The lowest BCUT2D eigenvalue weighted by Crippen LogP contribution is -2.32. The van der Waals surface area contributed by atoms with Crippen LogP contribution in [0.2, 0.25) is 0 Å². The molecule has 1 fully saturated rings. The van der Waals surface area contributed by atoms with Crippen molar-refractivity contribution in [3.8, 4) is 0 Å². The Hall–Kier alpha value is -2.14. The third-order valence-electron chi connectivity index (χ3n) is 3.91. The predicted molar refractivity (Wildman–Crippen MR) is 88.0 cm³/mol. The average Bonchev–Trinajstić information content (AvgIpc) is 3.13. The molecular weight excluding hydrogens is 389 g/mol. The minimum Gasteiger partial charge on any atom is -0.456 e. The lowest BCUT2D eigenvalue weighted by molar-refractivity contribution is -0.151. The SMILES string of the molecule is O=C(CCNS(=O)(=O)c1cccc(C(F)(F)F)c1)OCC(=O)N1CCCC1. The van der Waals surface area contributed by atoms with Gasteiger partial charge in [-0.1, -0.05) is 6.07 Å². The van der Waals surface area contributed by atoms with Crippen molar-refractivity contribution in [2.75, 3.05) is 26.2 Å². The number of carbonyl (C=O) groups is 2. The summed E-state index contributed by atoms with van der Waals surface area (Å²) < 4.78 is 68.9. The molecule has 1 amide bonds. The van der Waals surface area contributed by atoms with Crippen LogP contribution in [0.15, 0.2) is 29.2 Å². The summed E-state index contributed by atoms with van der Waals surface area (Å²) >= 11 is 0. The Labute approximate surface area is 154 Å². The van der Waals surface area contributed by atoms with Gasteiger partial charge in [0.2, 0.25) is 10.0 Å². The molecule has 1 aliphatic heterocycles. The van der Waals surface area contributed by atoms with E-state index in [9.17, 15) is 31.2 Å². The van der Waals surface area contributed by atoms with Crippen molar-refractivity contribution in [1.29, 1.82) is 0 Å². The number of hydrogen-bond donors (Lipinski definition) is 1. The second-order valence-electron chi connectivity index (χ2n) is 5.92. The van der Waals surface area contributed by atoms with Crippen LogP contribution in [0.5, 0.6) is 0 Å². The zero-order chi connectivity index (χ0) is 20.1. The number of esters is 1. The first-order chi connectivity index (χ1) is 12.6. The first kappa shape index (κ1) is 21.2. The van der Waals surface area contributed by atoms with Crippen LogP contribution in [-0.2, 0) is 30.5 Å². The standard InChI is InChI=1S/C16H19F3N2O5S/c17-16(18,19)12-4-3-5-13(10-12)27(24,25)20-7-6-15(23)26-11-14(22)21-8-1-2-9-21/h3-5,10,20H,1-2,6-9,11H2. The molecule has 0 aromatic heterocycles. The number of nitrogens with zero attached hydrogens (tertiary/aromatic N) is 1. The van der Waals surface area contributed by atoms with Crippen LogP contribution < -0.4 is 4.72 Å². The monoisotopic (exact) mass is 408 g/mol. The van der Waals surface area contributed by atoms with Crippen LogP contribution in [0.25, 0.3) is 0 Å². The van der Waals surface area contributed by atoms with E-state index in [1.165, 1.54) is 0 Å². The van der Waals surface area contributed by atoms with Gasteiger partial charge in [-0.15, -0.1) is 0 Å². The van der Waals surface area contributed by atoms with Crippen molar-refractivity contribution in [3.63, 3.8) is 0 Å². The van der Waals surface area contributed by atoms with E-state index in [1.807, 2.05) is 4.72 Å². The van der Waals surface area contributed by atoms with Crippen LogP contribution in [-0.4, -0.2) is 51.4 Å². The van der Waals surface area contributed by atoms with E-state index < -0.39 is 39.2 Å². The normalized spacial score (nSPS) is 15.0. The number of halogens is 3. The Balaban J connectivity index is 1.81. The molecular formula is C16H19F3N2O5S. The molecule has 0 unspecified atom stereocenters. The van der Waals surface area contributed by atoms with E-state index in [0.29, 0.717) is 19.2 Å². The molecule has 1 aliphatic rings. The maximum absolute atomic E-state index is 12.7. The summed E-state index contributed by atoms with van der Waals surface area (Å²) in [5.74, 6) is -1.10. The highest BCUT2D eigenvalue weighted by Crippen LogP contribution is 2.30. The Bertz CT molecular complexity index is 789. The third-order valence-corrected chi connectivity index (χ3v) is 5.37. The van der Waals surface area contributed by atoms with E-state index in [1.54, 1.807) is 4.90 Å². The molecule has 27 heavy (non-hydrogen) atoms. The molecule has 1 saturated heterocycles. The van der Waals surface area contributed by atoms with Crippen LogP contribution in [0, 0.1) is 0 Å². The van der Waals surface area contributed by atoms with E-state index >= 15 is 0 Å². The van der Waals surface area contributed by atoms with Crippen LogP contribution in [0.3, 0.4) is 0 Å². The van der Waals surface area contributed by atoms with Gasteiger partial charge in [-0.25, -0.2) is 13.1 Å². The number of rotatable bonds is 7. The minimum absolute atomic E-state index is 0.314. The number of likely N-dealkylation sites (tertiary alicyclic amines) is 1. The predicted octanol–water partition coefficient (Wildman–Crippen LogP) is 1.54. The molecule has 0 saturated carbocycles. The number of ether oxygens (including phenoxy) is 1. The van der Waals surface area contributed by atoms with Crippen molar-refractivity contribution in [2.24, 2.45) is 0 Å². The highest BCUT2D eigenvalue weighted by Gasteiger charge is 2.31. The molecule has 7 nitrogen and oxygen atoms in total. The van der Waals surface area contributed by atoms with Gasteiger partial charge in [0.1, 0.15) is 0 Å². The molecule has 1 heterocycles. The number of amides is 1. The summed E-state index contributed by atoms with van der Waals surface area (Å²) in [5, 5.41) is 0. The molecule has 150 valence electrons. The van der Waals surface area contributed by atoms with Gasteiger partial charge < -0.3 is 9.64 Å². The molecule has 2 rings (SSSR count). The lowest BCUT2D eigenvalue weighted by Gasteiger charge is -2.15. The molecule has 0 aliphatic carbocycles. The maximum atomic E-state index is 12.7. The maximum Gasteiger partial charge on any atom is 0.416 e. The third kappa shape index (κ3) is 6.21. The van der Waals surface area contributed by atoms with Gasteiger partial charge in [-0.2, -0.15) is 13.2 Å². The molecule has 11 heteroatoms. The number of carbonyl (C=O) groups excluding carboxylic acids is 2. The smallest absolute Gasteiger partial charge is 0.416 e. The van der Waals surface area contributed by atoms with Gasteiger partial charge in [0.15, 0.2) is 6.61 Å². The van der Waals surface area contributed by atoms with E-state index in [4.69, 9.17) is 4.74 Å². The Kier molecular flexibility index (Phi) is 6.82. The summed E-state index contributed by atoms with van der Waals surface area (Å²) in [6.07, 6.45) is -3.23. The van der Waals surface area contributed by atoms with E-state index in [2.05, 4.69) is 0 Å². The number of benzene rings is 1. The average molecular weight is 408 g/mol. The summed E-state index contributed by atoms with van der Waals surface area (Å²) in [6.45, 7) is 0.453. The van der Waals surface area contributed by atoms with Crippen molar-refractivity contribution in [1.82, 2.24) is 9.62 Å². The summed E-state index contributed by atoms with van der Waals surface area (Å²) in [6, 6.07) is 3.27. The van der Waals surface area contributed by atoms with Crippen LogP contribution in [0.1, 0.15) is 24.8 Å². The van der Waals surface area contributed by atoms with E-state index in [0.717, 1.165) is 31.0 Å². The Morgan fingerprint density at radius 2 is 1.85 bits per heavy atom. The quantitative estimate of drug-likeness (QED) is 0.691. The fourth-order valence-electron chi connectivity index (χ4n) is 2.48. The fourth-order valence-corrected chi connectivity index (χ4v) is 3.56. The van der Waals surface area contributed by atoms with Crippen molar-refractivity contribution >= 4 is 21.9 Å². The summed E-state index contributed by atoms with van der Waals surface area (Å²) in [4.78, 5) is 24.3. The molecule has 1 aromatic carbocycles. The van der Waals surface area contributed by atoms with Gasteiger partial charge in [-0.3, -0.25) is 9.59 Å². The van der Waals surface area contributed by atoms with Gasteiger partial charge in [0.25, 0.3) is 5.91 Å². The fraction of sp³-hybridized carbons (Fsp3) is 0.500. The van der Waals surface area contributed by atoms with Gasteiger partial charge in [0.05, 0.1) is 16.9 Å². The molecule has 1 N–H and O–H groups in total. The van der Waals surface area contributed by atoms with Crippen molar-refractivity contribution < 1.29 is 35.9 Å². The molecule has 1 aromatic rings. The summed E-state index contributed by atoms with van der Waals surface area (Å²) in [5.41, 5.74) is -1.09. The van der Waals surface area contributed by atoms with Crippen LogP contribution in [0.4, 0.5) is 13.2 Å². The van der Waals surface area contributed by atoms with Crippen LogP contribution >= 0.6 is 0 Å². The zero-order valence-corrected chi connectivity index (χ0v) is 15.1. The topological polar surface area (TPSA) is 92.8 Å². The minimum atomic E-state index is -4.67. The van der Waals surface area contributed by atoms with Crippen molar-refractivity contribution in [2.45, 2.75) is 30.3 Å². The molecule has 0 bridgehead atoms. The molecule has 0 spiro atoms. The number of sulfonamides is 1. The number of nitrogens with one attached hydrogen (secondary N) is 1. The summed E-state index contributed by atoms with van der Waals surface area (Å²) in [7, 11) is -4.22. The zero-order valence-electron chi connectivity index (χ0n) is 14.3. The van der Waals surface area contributed by atoms with Gasteiger partial charge in [0, 0.05) is 19.6 Å². The Morgan fingerprint density at radius 1 is 1.19 bits per heavy atom. The lowest BCUT2D eigenvalue weighted by atomic mass is 10.2.